The molecule has 1 unspecified atom stereocenters. The van der Waals surface area contributed by atoms with Crippen molar-refractivity contribution in [3.63, 3.8) is 0 Å². The predicted octanol–water partition coefficient (Wildman–Crippen LogP) is 3.55. The summed E-state index contributed by atoms with van der Waals surface area (Å²) in [6, 6.07) is 17.0. The second-order valence-electron chi connectivity index (χ2n) is 4.66. The van der Waals surface area contributed by atoms with Gasteiger partial charge in [0.1, 0.15) is 0 Å². The van der Waals surface area contributed by atoms with Crippen LogP contribution in [0.3, 0.4) is 0 Å². The largest absolute Gasteiger partial charge is 0.324 e. The van der Waals surface area contributed by atoms with Crippen molar-refractivity contribution in [3.8, 4) is 0 Å². The Bertz CT molecular complexity index is 488. The molecule has 2 aromatic carbocycles. The Morgan fingerprint density at radius 3 is 2.35 bits per heavy atom. The van der Waals surface area contributed by atoms with Crippen LogP contribution in [-0.4, -0.2) is 0 Å². The molecule has 0 aliphatic rings. The summed E-state index contributed by atoms with van der Waals surface area (Å²) < 4.78 is 0. The third kappa shape index (κ3) is 2.95. The van der Waals surface area contributed by atoms with Gasteiger partial charge in [-0.3, -0.25) is 0 Å². The van der Waals surface area contributed by atoms with Gasteiger partial charge in [-0.1, -0.05) is 54.1 Å². The van der Waals surface area contributed by atoms with E-state index in [2.05, 4.69) is 56.3 Å². The minimum atomic E-state index is 0.0815. The average Bonchev–Trinajstić information content (AvgIpc) is 2.30. The molecule has 0 aliphatic carbocycles. The van der Waals surface area contributed by atoms with E-state index in [4.69, 9.17) is 5.73 Å². The van der Waals surface area contributed by atoms with Crippen LogP contribution < -0.4 is 5.73 Å². The van der Waals surface area contributed by atoms with Crippen LogP contribution in [0.4, 0.5) is 0 Å². The lowest BCUT2D eigenvalue weighted by molar-refractivity contribution is 0.716. The Labute approximate surface area is 103 Å². The summed E-state index contributed by atoms with van der Waals surface area (Å²) in [5.74, 6) is 0. The topological polar surface area (TPSA) is 26.0 Å². The van der Waals surface area contributed by atoms with Gasteiger partial charge >= 0.3 is 0 Å². The van der Waals surface area contributed by atoms with Crippen molar-refractivity contribution in [1.82, 2.24) is 0 Å². The molecule has 88 valence electrons. The van der Waals surface area contributed by atoms with Crippen molar-refractivity contribution in [1.29, 1.82) is 0 Å². The maximum absolute atomic E-state index is 6.28. The van der Waals surface area contributed by atoms with Gasteiger partial charge in [0.25, 0.3) is 0 Å². The molecular formula is C16H19N. The SMILES string of the molecule is Cc1ccc(C(N)Cc2ccccc2)c(C)c1. The third-order valence-electron chi connectivity index (χ3n) is 3.12. The molecule has 0 amide bonds. The van der Waals surface area contributed by atoms with Crippen molar-refractivity contribution in [2.75, 3.05) is 0 Å². The van der Waals surface area contributed by atoms with E-state index in [0.29, 0.717) is 0 Å². The van der Waals surface area contributed by atoms with Crippen molar-refractivity contribution in [2.45, 2.75) is 26.3 Å². The molecule has 1 atom stereocenters. The quantitative estimate of drug-likeness (QED) is 0.849. The number of nitrogens with two attached hydrogens (primary N) is 1. The Balaban J connectivity index is 2.17. The zero-order valence-electron chi connectivity index (χ0n) is 10.5. The fraction of sp³-hybridized carbons (Fsp3) is 0.250. The van der Waals surface area contributed by atoms with Gasteiger partial charge in [-0.25, -0.2) is 0 Å². The fourth-order valence-corrected chi connectivity index (χ4v) is 2.22. The molecular weight excluding hydrogens is 206 g/mol. The van der Waals surface area contributed by atoms with E-state index >= 15 is 0 Å². The monoisotopic (exact) mass is 225 g/mol. The molecule has 0 bridgehead atoms. The highest BCUT2D eigenvalue weighted by molar-refractivity contribution is 5.33. The molecule has 0 saturated carbocycles. The Hall–Kier alpha value is -1.60. The average molecular weight is 225 g/mol. The van der Waals surface area contributed by atoms with Crippen LogP contribution in [0.25, 0.3) is 0 Å². The first-order valence-electron chi connectivity index (χ1n) is 6.03. The first-order chi connectivity index (χ1) is 8.16. The van der Waals surface area contributed by atoms with Crippen molar-refractivity contribution >= 4 is 0 Å². The zero-order valence-corrected chi connectivity index (χ0v) is 10.5. The number of rotatable bonds is 3. The number of aryl methyl sites for hydroxylation is 2. The molecule has 2 N–H and O–H groups in total. The number of hydrogen-bond acceptors (Lipinski definition) is 1. The highest BCUT2D eigenvalue weighted by Gasteiger charge is 2.09. The van der Waals surface area contributed by atoms with Gasteiger partial charge in [-0.2, -0.15) is 0 Å². The van der Waals surface area contributed by atoms with Crippen molar-refractivity contribution in [3.05, 3.63) is 70.8 Å². The number of hydrogen-bond donors (Lipinski definition) is 1. The van der Waals surface area contributed by atoms with Crippen LogP contribution in [-0.2, 0) is 6.42 Å². The Morgan fingerprint density at radius 2 is 1.71 bits per heavy atom. The maximum atomic E-state index is 6.28. The number of benzene rings is 2. The highest BCUT2D eigenvalue weighted by Crippen LogP contribution is 2.20. The zero-order chi connectivity index (χ0) is 12.3. The molecule has 0 heterocycles. The first kappa shape index (κ1) is 11.9. The van der Waals surface area contributed by atoms with E-state index in [-0.39, 0.29) is 6.04 Å². The standard InChI is InChI=1S/C16H19N/c1-12-8-9-15(13(2)10-12)16(17)11-14-6-4-3-5-7-14/h3-10,16H,11,17H2,1-2H3. The van der Waals surface area contributed by atoms with Crippen LogP contribution >= 0.6 is 0 Å². The van der Waals surface area contributed by atoms with Gasteiger partial charge in [0.15, 0.2) is 0 Å². The summed E-state index contributed by atoms with van der Waals surface area (Å²) in [6.07, 6.45) is 0.894. The molecule has 2 aromatic rings. The summed E-state index contributed by atoms with van der Waals surface area (Å²) in [5, 5.41) is 0. The molecule has 0 radical (unpaired) electrons. The highest BCUT2D eigenvalue weighted by atomic mass is 14.6. The molecule has 0 aromatic heterocycles. The van der Waals surface area contributed by atoms with E-state index < -0.39 is 0 Å². The summed E-state index contributed by atoms with van der Waals surface area (Å²) in [5.41, 5.74) is 11.4. The Kier molecular flexibility index (Phi) is 3.60. The van der Waals surface area contributed by atoms with Crippen LogP contribution in [0.2, 0.25) is 0 Å². The smallest absolute Gasteiger partial charge is 0.0338 e. The summed E-state index contributed by atoms with van der Waals surface area (Å²) in [6.45, 7) is 4.24. The van der Waals surface area contributed by atoms with E-state index in [9.17, 15) is 0 Å². The molecule has 0 saturated heterocycles. The lowest BCUT2D eigenvalue weighted by Crippen LogP contribution is -2.14. The van der Waals surface area contributed by atoms with Gasteiger partial charge < -0.3 is 5.73 Å². The summed E-state index contributed by atoms with van der Waals surface area (Å²) in [4.78, 5) is 0. The van der Waals surface area contributed by atoms with E-state index in [1.165, 1.54) is 22.3 Å². The van der Waals surface area contributed by atoms with Crippen LogP contribution in [0.15, 0.2) is 48.5 Å². The van der Waals surface area contributed by atoms with Gasteiger partial charge in [-0.05, 0) is 37.0 Å². The first-order valence-corrected chi connectivity index (χ1v) is 6.03. The van der Waals surface area contributed by atoms with Gasteiger partial charge in [0.2, 0.25) is 0 Å². The van der Waals surface area contributed by atoms with E-state index in [1.807, 2.05) is 6.07 Å². The second kappa shape index (κ2) is 5.15. The van der Waals surface area contributed by atoms with Crippen LogP contribution in [0.5, 0.6) is 0 Å². The fourth-order valence-electron chi connectivity index (χ4n) is 2.22. The minimum Gasteiger partial charge on any atom is -0.324 e. The van der Waals surface area contributed by atoms with Crippen molar-refractivity contribution < 1.29 is 0 Å². The molecule has 17 heavy (non-hydrogen) atoms. The minimum absolute atomic E-state index is 0.0815. The molecule has 0 spiro atoms. The van der Waals surface area contributed by atoms with Crippen molar-refractivity contribution in [2.24, 2.45) is 5.73 Å². The normalized spacial score (nSPS) is 12.4. The van der Waals surface area contributed by atoms with Gasteiger partial charge in [0.05, 0.1) is 0 Å². The van der Waals surface area contributed by atoms with Crippen LogP contribution in [0.1, 0.15) is 28.3 Å². The second-order valence-corrected chi connectivity index (χ2v) is 4.66. The molecule has 0 fully saturated rings. The third-order valence-corrected chi connectivity index (χ3v) is 3.12. The van der Waals surface area contributed by atoms with E-state index in [0.717, 1.165) is 6.42 Å². The maximum Gasteiger partial charge on any atom is 0.0338 e. The molecule has 1 nitrogen and oxygen atoms in total. The summed E-state index contributed by atoms with van der Waals surface area (Å²) in [7, 11) is 0. The van der Waals surface area contributed by atoms with Gasteiger partial charge in [-0.15, -0.1) is 0 Å². The van der Waals surface area contributed by atoms with Gasteiger partial charge in [0, 0.05) is 6.04 Å². The lowest BCUT2D eigenvalue weighted by Gasteiger charge is -2.15. The lowest BCUT2D eigenvalue weighted by atomic mass is 9.95. The van der Waals surface area contributed by atoms with Crippen LogP contribution in [0, 0.1) is 13.8 Å². The summed E-state index contributed by atoms with van der Waals surface area (Å²) >= 11 is 0. The Morgan fingerprint density at radius 1 is 1.00 bits per heavy atom. The van der Waals surface area contributed by atoms with E-state index in [1.54, 1.807) is 0 Å². The molecule has 1 heteroatoms. The molecule has 2 rings (SSSR count). The predicted molar refractivity (Wildman–Crippen MR) is 73.0 cm³/mol. The molecule has 0 aliphatic heterocycles.